The van der Waals surface area contributed by atoms with Crippen molar-refractivity contribution in [2.75, 3.05) is 13.2 Å². The van der Waals surface area contributed by atoms with Crippen LogP contribution in [0.2, 0.25) is 0 Å². The number of carbonyl (C=O) groups excluding carboxylic acids is 2. The van der Waals surface area contributed by atoms with Crippen molar-refractivity contribution in [1.82, 2.24) is 0 Å². The monoisotopic (exact) mass is 296 g/mol. The Labute approximate surface area is 128 Å². The van der Waals surface area contributed by atoms with Crippen molar-refractivity contribution in [1.29, 1.82) is 0 Å². The minimum absolute atomic E-state index is 0.0317. The molecule has 0 fully saturated rings. The van der Waals surface area contributed by atoms with E-state index in [2.05, 4.69) is 0 Å². The first kappa shape index (κ1) is 14.6. The molecule has 0 radical (unpaired) electrons. The predicted octanol–water partition coefficient (Wildman–Crippen LogP) is 1.53. The molecule has 0 amide bonds. The van der Waals surface area contributed by atoms with E-state index in [0.717, 1.165) is 5.56 Å². The summed E-state index contributed by atoms with van der Waals surface area (Å²) in [4.78, 5) is 25.4. The quantitative estimate of drug-likeness (QED) is 0.765. The van der Waals surface area contributed by atoms with Crippen LogP contribution in [-0.2, 0) is 12.8 Å². The Morgan fingerprint density at radius 3 is 2.05 bits per heavy atom. The largest absolute Gasteiger partial charge is 0.396 e. The molecule has 0 unspecified atom stereocenters. The number of hydrogen-bond donors (Lipinski definition) is 2. The molecule has 2 aromatic rings. The Morgan fingerprint density at radius 1 is 0.773 bits per heavy atom. The zero-order valence-corrected chi connectivity index (χ0v) is 12.0. The number of rotatable bonds is 4. The first-order chi connectivity index (χ1) is 10.7. The number of aliphatic hydroxyl groups excluding tert-OH is 2. The van der Waals surface area contributed by atoms with Gasteiger partial charge in [-0.1, -0.05) is 30.3 Å². The summed E-state index contributed by atoms with van der Waals surface area (Å²) in [5.74, 6) is -0.353. The van der Waals surface area contributed by atoms with Crippen LogP contribution in [0.15, 0.2) is 36.4 Å². The van der Waals surface area contributed by atoms with Crippen LogP contribution in [0, 0.1) is 0 Å². The number of hydrogen-bond acceptors (Lipinski definition) is 4. The van der Waals surface area contributed by atoms with Crippen molar-refractivity contribution in [2.24, 2.45) is 0 Å². The summed E-state index contributed by atoms with van der Waals surface area (Å²) < 4.78 is 0. The van der Waals surface area contributed by atoms with Crippen molar-refractivity contribution < 1.29 is 19.8 Å². The molecule has 0 aliphatic heterocycles. The van der Waals surface area contributed by atoms with E-state index in [1.165, 1.54) is 0 Å². The third-order valence-corrected chi connectivity index (χ3v) is 3.95. The van der Waals surface area contributed by atoms with E-state index in [-0.39, 0.29) is 24.8 Å². The summed E-state index contributed by atoms with van der Waals surface area (Å²) in [7, 11) is 0. The lowest BCUT2D eigenvalue weighted by Crippen LogP contribution is -2.23. The molecule has 2 aromatic carbocycles. The second-order valence-electron chi connectivity index (χ2n) is 5.33. The topological polar surface area (TPSA) is 74.6 Å². The lowest BCUT2D eigenvalue weighted by molar-refractivity contribution is 0.0978. The molecule has 0 spiro atoms. The molecule has 0 bridgehead atoms. The van der Waals surface area contributed by atoms with Crippen LogP contribution >= 0.6 is 0 Å². The summed E-state index contributed by atoms with van der Waals surface area (Å²) in [5.41, 5.74) is 3.05. The van der Waals surface area contributed by atoms with Crippen molar-refractivity contribution in [3.63, 3.8) is 0 Å². The van der Waals surface area contributed by atoms with Crippen LogP contribution in [0.25, 0.3) is 0 Å². The van der Waals surface area contributed by atoms with Gasteiger partial charge in [0.05, 0.1) is 0 Å². The van der Waals surface area contributed by atoms with Gasteiger partial charge in [-0.2, -0.15) is 0 Å². The Balaban J connectivity index is 2.24. The summed E-state index contributed by atoms with van der Waals surface area (Å²) in [6.45, 7) is -0.131. The van der Waals surface area contributed by atoms with Gasteiger partial charge in [0.1, 0.15) is 0 Å². The zero-order chi connectivity index (χ0) is 15.7. The van der Waals surface area contributed by atoms with Gasteiger partial charge >= 0.3 is 0 Å². The molecular formula is C18H16O4. The lowest BCUT2D eigenvalue weighted by atomic mass is 9.80. The molecule has 112 valence electrons. The van der Waals surface area contributed by atoms with Gasteiger partial charge < -0.3 is 10.2 Å². The van der Waals surface area contributed by atoms with E-state index >= 15 is 0 Å². The maximum absolute atomic E-state index is 12.7. The van der Waals surface area contributed by atoms with Gasteiger partial charge in [0.15, 0.2) is 11.6 Å². The van der Waals surface area contributed by atoms with Crippen LogP contribution in [0.4, 0.5) is 0 Å². The molecule has 0 saturated heterocycles. The molecule has 2 N–H and O–H groups in total. The van der Waals surface area contributed by atoms with Crippen molar-refractivity contribution in [3.8, 4) is 0 Å². The Bertz CT molecular complexity index is 762. The summed E-state index contributed by atoms with van der Waals surface area (Å²) in [5, 5.41) is 18.4. The number of fused-ring (bicyclic) bond motifs is 2. The molecule has 4 nitrogen and oxygen atoms in total. The molecule has 22 heavy (non-hydrogen) atoms. The highest BCUT2D eigenvalue weighted by atomic mass is 16.3. The van der Waals surface area contributed by atoms with Gasteiger partial charge in [0.25, 0.3) is 0 Å². The average Bonchev–Trinajstić information content (AvgIpc) is 2.53. The molecule has 0 heterocycles. The second-order valence-corrected chi connectivity index (χ2v) is 5.33. The highest BCUT2D eigenvalue weighted by Crippen LogP contribution is 2.31. The van der Waals surface area contributed by atoms with Crippen LogP contribution in [0.1, 0.15) is 43.0 Å². The Hall–Kier alpha value is -2.30. The van der Waals surface area contributed by atoms with E-state index in [9.17, 15) is 14.7 Å². The maximum Gasteiger partial charge on any atom is 0.194 e. The van der Waals surface area contributed by atoms with Crippen LogP contribution in [-0.4, -0.2) is 35.0 Å². The SMILES string of the molecule is O=C1c2ccccc2C(=O)c2c(CCO)cc(CCO)cc21. The predicted molar refractivity (Wildman–Crippen MR) is 81.3 cm³/mol. The minimum atomic E-state index is -0.177. The summed E-state index contributed by atoms with van der Waals surface area (Å²) >= 11 is 0. The zero-order valence-electron chi connectivity index (χ0n) is 12.0. The molecule has 0 saturated carbocycles. The Morgan fingerprint density at radius 2 is 1.41 bits per heavy atom. The molecule has 4 heteroatoms. The van der Waals surface area contributed by atoms with Crippen LogP contribution < -0.4 is 0 Å². The molecule has 3 rings (SSSR count). The molecule has 0 atom stereocenters. The van der Waals surface area contributed by atoms with Gasteiger partial charge in [0.2, 0.25) is 0 Å². The number of carbonyl (C=O) groups is 2. The molecule has 0 aromatic heterocycles. The van der Waals surface area contributed by atoms with E-state index < -0.39 is 0 Å². The smallest absolute Gasteiger partial charge is 0.194 e. The van der Waals surface area contributed by atoms with Gasteiger partial charge in [-0.15, -0.1) is 0 Å². The summed E-state index contributed by atoms with van der Waals surface area (Å²) in [6.07, 6.45) is 0.720. The highest BCUT2D eigenvalue weighted by molar-refractivity contribution is 6.28. The van der Waals surface area contributed by atoms with Crippen LogP contribution in [0.5, 0.6) is 0 Å². The van der Waals surface area contributed by atoms with E-state index in [4.69, 9.17) is 5.11 Å². The minimum Gasteiger partial charge on any atom is -0.396 e. The first-order valence-electron chi connectivity index (χ1n) is 7.23. The Kier molecular flexibility index (Phi) is 3.88. The maximum atomic E-state index is 12.7. The number of aliphatic hydroxyl groups is 2. The van der Waals surface area contributed by atoms with Crippen LogP contribution in [0.3, 0.4) is 0 Å². The average molecular weight is 296 g/mol. The number of ketones is 2. The van der Waals surface area contributed by atoms with E-state index in [1.54, 1.807) is 36.4 Å². The fourth-order valence-electron chi connectivity index (χ4n) is 2.97. The van der Waals surface area contributed by atoms with E-state index in [0.29, 0.717) is 40.7 Å². The highest BCUT2D eigenvalue weighted by Gasteiger charge is 2.31. The van der Waals surface area contributed by atoms with Gasteiger partial charge in [-0.3, -0.25) is 9.59 Å². The second kappa shape index (κ2) is 5.83. The molecule has 1 aliphatic carbocycles. The number of benzene rings is 2. The first-order valence-corrected chi connectivity index (χ1v) is 7.23. The third kappa shape index (κ3) is 2.26. The van der Waals surface area contributed by atoms with Crippen molar-refractivity contribution in [3.05, 3.63) is 69.8 Å². The van der Waals surface area contributed by atoms with E-state index in [1.807, 2.05) is 0 Å². The molecule has 1 aliphatic rings. The van der Waals surface area contributed by atoms with Gasteiger partial charge in [-0.05, 0) is 30.0 Å². The van der Waals surface area contributed by atoms with Crippen molar-refractivity contribution >= 4 is 11.6 Å². The molecular weight excluding hydrogens is 280 g/mol. The third-order valence-electron chi connectivity index (χ3n) is 3.95. The normalized spacial score (nSPS) is 13.0. The van der Waals surface area contributed by atoms with Crippen molar-refractivity contribution in [2.45, 2.75) is 12.8 Å². The lowest BCUT2D eigenvalue weighted by Gasteiger charge is -2.21. The summed E-state index contributed by atoms with van der Waals surface area (Å²) in [6, 6.07) is 10.3. The standard InChI is InChI=1S/C18H16O4/c19-7-5-11-9-12(6-8-20)16-15(10-11)17(21)13-3-1-2-4-14(13)18(16)22/h1-4,9-10,19-20H,5-8H2. The fraction of sp³-hybridized carbons (Fsp3) is 0.222. The van der Waals surface area contributed by atoms with Gasteiger partial charge in [0, 0.05) is 35.5 Å². The fourth-order valence-corrected chi connectivity index (χ4v) is 2.97. The van der Waals surface area contributed by atoms with Gasteiger partial charge in [-0.25, -0.2) is 0 Å².